The van der Waals surface area contributed by atoms with Gasteiger partial charge in [-0.3, -0.25) is 4.79 Å². The Balaban J connectivity index is 0.00000312. The molecule has 5 nitrogen and oxygen atoms in total. The maximum absolute atomic E-state index is 11.9. The quantitative estimate of drug-likeness (QED) is 0.429. The van der Waals surface area contributed by atoms with E-state index in [-0.39, 0.29) is 29.9 Å². The highest BCUT2D eigenvalue weighted by Gasteiger charge is 2.30. The van der Waals surface area contributed by atoms with Crippen molar-refractivity contribution in [3.05, 3.63) is 35.4 Å². The summed E-state index contributed by atoms with van der Waals surface area (Å²) in [5.74, 6) is 1.01. The van der Waals surface area contributed by atoms with E-state index in [2.05, 4.69) is 31.0 Å². The van der Waals surface area contributed by atoms with Crippen LogP contribution in [-0.2, 0) is 6.54 Å². The van der Waals surface area contributed by atoms with Crippen molar-refractivity contribution in [3.8, 4) is 0 Å². The molecule has 0 saturated carbocycles. The number of benzene rings is 1. The van der Waals surface area contributed by atoms with Gasteiger partial charge >= 0.3 is 0 Å². The van der Waals surface area contributed by atoms with E-state index in [1.165, 1.54) is 6.42 Å². The number of nitrogens with one attached hydrogen (secondary N) is 1. The number of hydrogen-bond acceptors (Lipinski definition) is 2. The number of aliphatic imine (C=N–C) groups is 1. The van der Waals surface area contributed by atoms with E-state index < -0.39 is 0 Å². The largest absolute Gasteiger partial charge is 0.357 e. The van der Waals surface area contributed by atoms with Crippen LogP contribution in [-0.4, -0.2) is 55.4 Å². The van der Waals surface area contributed by atoms with E-state index in [0.29, 0.717) is 17.5 Å². The lowest BCUT2D eigenvalue weighted by molar-refractivity contribution is 0.0827. The van der Waals surface area contributed by atoms with Gasteiger partial charge in [-0.05, 0) is 36.5 Å². The van der Waals surface area contributed by atoms with Crippen LogP contribution in [0.5, 0.6) is 0 Å². The van der Waals surface area contributed by atoms with Crippen molar-refractivity contribution in [1.82, 2.24) is 15.1 Å². The summed E-state index contributed by atoms with van der Waals surface area (Å²) in [6, 6.07) is 7.72. The van der Waals surface area contributed by atoms with Gasteiger partial charge in [0.05, 0.1) is 6.54 Å². The van der Waals surface area contributed by atoms with Gasteiger partial charge in [0.25, 0.3) is 5.91 Å². The van der Waals surface area contributed by atoms with Crippen LogP contribution in [0, 0.1) is 5.41 Å². The Labute approximate surface area is 168 Å². The van der Waals surface area contributed by atoms with E-state index in [1.807, 2.05) is 24.3 Å². The highest BCUT2D eigenvalue weighted by atomic mass is 127. The van der Waals surface area contributed by atoms with Crippen molar-refractivity contribution in [2.75, 3.05) is 33.7 Å². The first-order valence-corrected chi connectivity index (χ1v) is 8.66. The zero-order valence-electron chi connectivity index (χ0n) is 16.0. The SMILES string of the molecule is CCNC(=NCc1ccc(C(=O)N(C)C)cc1)N1CCC(C)(C)C1.I. The summed E-state index contributed by atoms with van der Waals surface area (Å²) in [6.07, 6.45) is 1.19. The van der Waals surface area contributed by atoms with Crippen molar-refractivity contribution in [2.24, 2.45) is 10.4 Å². The highest BCUT2D eigenvalue weighted by Crippen LogP contribution is 2.28. The number of halogens is 1. The van der Waals surface area contributed by atoms with Crippen molar-refractivity contribution in [2.45, 2.75) is 33.7 Å². The molecule has 0 aromatic heterocycles. The molecule has 1 aliphatic rings. The molecule has 0 bridgehead atoms. The number of carbonyl (C=O) groups is 1. The summed E-state index contributed by atoms with van der Waals surface area (Å²) in [5, 5.41) is 3.39. The molecule has 1 aromatic carbocycles. The summed E-state index contributed by atoms with van der Waals surface area (Å²) in [7, 11) is 3.53. The fourth-order valence-corrected chi connectivity index (χ4v) is 2.90. The molecule has 2 rings (SSSR count). The van der Waals surface area contributed by atoms with Crippen LogP contribution in [0.15, 0.2) is 29.3 Å². The number of carbonyl (C=O) groups excluding carboxylic acids is 1. The number of amides is 1. The molecule has 25 heavy (non-hydrogen) atoms. The first-order chi connectivity index (χ1) is 11.3. The third-order valence-electron chi connectivity index (χ3n) is 4.33. The van der Waals surface area contributed by atoms with Gasteiger partial charge in [0.2, 0.25) is 0 Å². The van der Waals surface area contributed by atoms with E-state index >= 15 is 0 Å². The fourth-order valence-electron chi connectivity index (χ4n) is 2.90. The molecule has 1 aromatic rings. The predicted octanol–water partition coefficient (Wildman–Crippen LogP) is 3.20. The average Bonchev–Trinajstić information content (AvgIpc) is 2.91. The van der Waals surface area contributed by atoms with Crippen LogP contribution in [0.3, 0.4) is 0 Å². The first kappa shape index (κ1) is 21.7. The Morgan fingerprint density at radius 3 is 2.40 bits per heavy atom. The van der Waals surface area contributed by atoms with Gasteiger partial charge in [0.15, 0.2) is 5.96 Å². The number of hydrogen-bond donors (Lipinski definition) is 1. The second-order valence-corrected chi connectivity index (χ2v) is 7.40. The summed E-state index contributed by atoms with van der Waals surface area (Å²) >= 11 is 0. The molecule has 1 saturated heterocycles. The lowest BCUT2D eigenvalue weighted by Crippen LogP contribution is -2.40. The molecule has 1 fully saturated rings. The molecule has 1 heterocycles. The molecule has 1 amide bonds. The van der Waals surface area contributed by atoms with Gasteiger partial charge in [0.1, 0.15) is 0 Å². The summed E-state index contributed by atoms with van der Waals surface area (Å²) in [4.78, 5) is 20.6. The number of rotatable bonds is 4. The van der Waals surface area contributed by atoms with Crippen LogP contribution in [0.4, 0.5) is 0 Å². The van der Waals surface area contributed by atoms with E-state index in [1.54, 1.807) is 19.0 Å². The van der Waals surface area contributed by atoms with E-state index in [0.717, 1.165) is 31.2 Å². The van der Waals surface area contributed by atoms with Crippen LogP contribution in [0.2, 0.25) is 0 Å². The summed E-state index contributed by atoms with van der Waals surface area (Å²) in [6.45, 7) is 10.3. The average molecular weight is 458 g/mol. The Morgan fingerprint density at radius 2 is 1.92 bits per heavy atom. The van der Waals surface area contributed by atoms with Crippen LogP contribution >= 0.6 is 24.0 Å². The second kappa shape index (κ2) is 9.40. The maximum atomic E-state index is 11.9. The van der Waals surface area contributed by atoms with Gasteiger partial charge in [-0.25, -0.2) is 4.99 Å². The fraction of sp³-hybridized carbons (Fsp3) is 0.579. The number of guanidine groups is 1. The summed E-state index contributed by atoms with van der Waals surface area (Å²) in [5.41, 5.74) is 2.17. The van der Waals surface area contributed by atoms with Crippen molar-refractivity contribution in [1.29, 1.82) is 0 Å². The Morgan fingerprint density at radius 1 is 1.28 bits per heavy atom. The van der Waals surface area contributed by atoms with Gasteiger partial charge < -0.3 is 15.1 Å². The standard InChI is InChI=1S/C19H30N4O.HI/c1-6-20-18(23-12-11-19(2,3)14-23)21-13-15-7-9-16(10-8-15)17(24)22(4)5;/h7-10H,6,11-14H2,1-5H3,(H,20,21);1H. The Kier molecular flexibility index (Phi) is 8.18. The molecule has 1 N–H and O–H groups in total. The molecule has 0 spiro atoms. The van der Waals surface area contributed by atoms with Crippen LogP contribution < -0.4 is 5.32 Å². The monoisotopic (exact) mass is 458 g/mol. The number of nitrogens with zero attached hydrogens (tertiary/aromatic N) is 3. The molecule has 1 aliphatic heterocycles. The second-order valence-electron chi connectivity index (χ2n) is 7.40. The minimum atomic E-state index is 0. The zero-order chi connectivity index (χ0) is 17.7. The molecule has 0 unspecified atom stereocenters. The minimum Gasteiger partial charge on any atom is -0.357 e. The van der Waals surface area contributed by atoms with Crippen LogP contribution in [0.25, 0.3) is 0 Å². The molecule has 6 heteroatoms. The molecule has 0 radical (unpaired) electrons. The normalized spacial score (nSPS) is 16.4. The lowest BCUT2D eigenvalue weighted by Gasteiger charge is -2.23. The van der Waals surface area contributed by atoms with Gasteiger partial charge in [-0.15, -0.1) is 24.0 Å². The molecule has 140 valence electrons. The van der Waals surface area contributed by atoms with E-state index in [9.17, 15) is 4.79 Å². The first-order valence-electron chi connectivity index (χ1n) is 8.66. The Bertz CT molecular complexity index is 596. The van der Waals surface area contributed by atoms with Gasteiger partial charge in [-0.1, -0.05) is 26.0 Å². The number of likely N-dealkylation sites (tertiary alicyclic amines) is 1. The third-order valence-corrected chi connectivity index (χ3v) is 4.33. The van der Waals surface area contributed by atoms with Gasteiger partial charge in [0, 0.05) is 39.3 Å². The Hall–Kier alpha value is -1.31. The van der Waals surface area contributed by atoms with Crippen LogP contribution in [0.1, 0.15) is 43.1 Å². The molecule has 0 aliphatic carbocycles. The predicted molar refractivity (Wildman–Crippen MR) is 115 cm³/mol. The maximum Gasteiger partial charge on any atom is 0.253 e. The van der Waals surface area contributed by atoms with Crippen molar-refractivity contribution in [3.63, 3.8) is 0 Å². The highest BCUT2D eigenvalue weighted by molar-refractivity contribution is 14.0. The molecular formula is C19H31IN4O. The van der Waals surface area contributed by atoms with Crippen molar-refractivity contribution >= 4 is 35.8 Å². The lowest BCUT2D eigenvalue weighted by atomic mass is 9.93. The third kappa shape index (κ3) is 6.17. The van der Waals surface area contributed by atoms with Crippen molar-refractivity contribution < 1.29 is 4.79 Å². The topological polar surface area (TPSA) is 47.9 Å². The molecule has 0 atom stereocenters. The molecular weight excluding hydrogens is 427 g/mol. The smallest absolute Gasteiger partial charge is 0.253 e. The van der Waals surface area contributed by atoms with E-state index in [4.69, 9.17) is 4.99 Å². The zero-order valence-corrected chi connectivity index (χ0v) is 18.3. The summed E-state index contributed by atoms with van der Waals surface area (Å²) < 4.78 is 0. The van der Waals surface area contributed by atoms with Gasteiger partial charge in [-0.2, -0.15) is 0 Å². The minimum absolute atomic E-state index is 0.